The molecule has 18 heavy (non-hydrogen) atoms. The van der Waals surface area contributed by atoms with E-state index in [4.69, 9.17) is 5.26 Å². The number of rotatable bonds is 5. The van der Waals surface area contributed by atoms with Gasteiger partial charge in [-0.2, -0.15) is 5.26 Å². The van der Waals surface area contributed by atoms with E-state index >= 15 is 0 Å². The quantitative estimate of drug-likeness (QED) is 0.903. The third-order valence-corrected chi connectivity index (χ3v) is 5.05. The number of hydrogen-bond donors (Lipinski definition) is 1. The molecule has 0 saturated carbocycles. The van der Waals surface area contributed by atoms with Gasteiger partial charge in [-0.15, -0.1) is 22.7 Å². The Balaban J connectivity index is 1.87. The summed E-state index contributed by atoms with van der Waals surface area (Å²) in [6.45, 7) is 6.27. The third kappa shape index (κ3) is 3.20. The zero-order valence-corrected chi connectivity index (χ0v) is 12.2. The van der Waals surface area contributed by atoms with Gasteiger partial charge in [0.1, 0.15) is 10.9 Å². The highest BCUT2D eigenvalue weighted by molar-refractivity contribution is 7.12. The highest BCUT2D eigenvalue weighted by atomic mass is 32.1. The van der Waals surface area contributed by atoms with Crippen LogP contribution in [0, 0.1) is 11.3 Å². The molecule has 1 N–H and O–H groups in total. The monoisotopic (exact) mass is 276 g/mol. The zero-order chi connectivity index (χ0) is 13.0. The van der Waals surface area contributed by atoms with Crippen LogP contribution in [-0.2, 0) is 12.0 Å². The van der Waals surface area contributed by atoms with Crippen molar-refractivity contribution >= 4 is 22.7 Å². The van der Waals surface area contributed by atoms with Crippen molar-refractivity contribution < 1.29 is 0 Å². The summed E-state index contributed by atoms with van der Waals surface area (Å²) in [5, 5.41) is 14.4. The fourth-order valence-electron chi connectivity index (χ4n) is 1.78. The minimum atomic E-state index is 0.156. The van der Waals surface area contributed by atoms with Crippen LogP contribution in [0.15, 0.2) is 29.6 Å². The van der Waals surface area contributed by atoms with Crippen LogP contribution in [0.1, 0.15) is 28.5 Å². The van der Waals surface area contributed by atoms with Crippen LogP contribution in [-0.4, -0.2) is 6.54 Å². The molecule has 2 heterocycles. The zero-order valence-electron chi connectivity index (χ0n) is 10.6. The molecular weight excluding hydrogens is 260 g/mol. The Morgan fingerprint density at radius 1 is 1.33 bits per heavy atom. The second kappa shape index (κ2) is 5.66. The van der Waals surface area contributed by atoms with Crippen molar-refractivity contribution in [1.82, 2.24) is 5.32 Å². The predicted octanol–water partition coefficient (Wildman–Crippen LogP) is 3.75. The molecule has 0 amide bonds. The maximum atomic E-state index is 8.77. The average Bonchev–Trinajstić information content (AvgIpc) is 3.00. The van der Waals surface area contributed by atoms with E-state index in [1.54, 1.807) is 22.7 Å². The topological polar surface area (TPSA) is 35.8 Å². The summed E-state index contributed by atoms with van der Waals surface area (Å²) in [4.78, 5) is 3.40. The highest BCUT2D eigenvalue weighted by Gasteiger charge is 2.20. The molecule has 0 radical (unpaired) electrons. The lowest BCUT2D eigenvalue weighted by Gasteiger charge is -2.23. The van der Waals surface area contributed by atoms with Gasteiger partial charge in [0.25, 0.3) is 0 Å². The molecule has 0 aromatic carbocycles. The number of nitrogens with one attached hydrogen (secondary N) is 1. The summed E-state index contributed by atoms with van der Waals surface area (Å²) in [5.41, 5.74) is 0.156. The summed E-state index contributed by atoms with van der Waals surface area (Å²) < 4.78 is 0. The minimum absolute atomic E-state index is 0.156. The highest BCUT2D eigenvalue weighted by Crippen LogP contribution is 2.26. The molecule has 0 aliphatic carbocycles. The Labute approximate surface area is 116 Å². The second-order valence-electron chi connectivity index (χ2n) is 4.84. The van der Waals surface area contributed by atoms with Gasteiger partial charge in [0, 0.05) is 28.3 Å². The molecule has 0 saturated heterocycles. The molecule has 0 atom stereocenters. The van der Waals surface area contributed by atoms with E-state index in [-0.39, 0.29) is 5.41 Å². The van der Waals surface area contributed by atoms with Gasteiger partial charge >= 0.3 is 0 Å². The molecule has 0 spiro atoms. The van der Waals surface area contributed by atoms with Gasteiger partial charge in [0.05, 0.1) is 0 Å². The second-order valence-corrected chi connectivity index (χ2v) is 6.96. The average molecular weight is 276 g/mol. The van der Waals surface area contributed by atoms with Crippen LogP contribution in [0.5, 0.6) is 0 Å². The van der Waals surface area contributed by atoms with E-state index in [9.17, 15) is 0 Å². The predicted molar refractivity (Wildman–Crippen MR) is 78.1 cm³/mol. The van der Waals surface area contributed by atoms with Crippen molar-refractivity contribution in [3.8, 4) is 6.07 Å². The summed E-state index contributed by atoms with van der Waals surface area (Å²) in [7, 11) is 0. The van der Waals surface area contributed by atoms with Crippen molar-refractivity contribution in [1.29, 1.82) is 5.26 Å². The summed E-state index contributed by atoms with van der Waals surface area (Å²) in [5.74, 6) is 0. The lowest BCUT2D eigenvalue weighted by Crippen LogP contribution is -2.31. The molecule has 0 bridgehead atoms. The van der Waals surface area contributed by atoms with Crippen molar-refractivity contribution in [3.63, 3.8) is 0 Å². The Kier molecular flexibility index (Phi) is 4.18. The standard InChI is InChI=1S/C14H16N2S2/c1-14(2,13-4-3-7-17-13)10-16-9-12-6-5-11(8-15)18-12/h3-7,16H,9-10H2,1-2H3. The van der Waals surface area contributed by atoms with Crippen LogP contribution >= 0.6 is 22.7 Å². The summed E-state index contributed by atoms with van der Waals surface area (Å²) >= 11 is 3.36. The Bertz CT molecular complexity index is 532. The van der Waals surface area contributed by atoms with E-state index in [0.717, 1.165) is 18.0 Å². The van der Waals surface area contributed by atoms with E-state index in [2.05, 4.69) is 42.7 Å². The van der Waals surface area contributed by atoms with Gasteiger partial charge in [0.2, 0.25) is 0 Å². The van der Waals surface area contributed by atoms with Crippen molar-refractivity contribution in [3.05, 3.63) is 44.3 Å². The molecule has 2 aromatic rings. The molecule has 0 fully saturated rings. The molecule has 94 valence electrons. The fraction of sp³-hybridized carbons (Fsp3) is 0.357. The van der Waals surface area contributed by atoms with E-state index < -0.39 is 0 Å². The smallest absolute Gasteiger partial charge is 0.110 e. The van der Waals surface area contributed by atoms with Crippen molar-refractivity contribution in [2.75, 3.05) is 6.54 Å². The van der Waals surface area contributed by atoms with Crippen molar-refractivity contribution in [2.24, 2.45) is 0 Å². The maximum Gasteiger partial charge on any atom is 0.110 e. The normalized spacial score (nSPS) is 11.4. The van der Waals surface area contributed by atoms with Crippen LogP contribution in [0.4, 0.5) is 0 Å². The number of hydrogen-bond acceptors (Lipinski definition) is 4. The first-order valence-electron chi connectivity index (χ1n) is 5.85. The fourth-order valence-corrected chi connectivity index (χ4v) is 3.41. The van der Waals surface area contributed by atoms with Gasteiger partial charge in [-0.3, -0.25) is 0 Å². The number of nitrogens with zero attached hydrogens (tertiary/aromatic N) is 1. The SMILES string of the molecule is CC(C)(CNCc1ccc(C#N)s1)c1cccs1. The van der Waals surface area contributed by atoms with Gasteiger partial charge in [0.15, 0.2) is 0 Å². The van der Waals surface area contributed by atoms with Gasteiger partial charge in [-0.1, -0.05) is 19.9 Å². The molecule has 0 unspecified atom stereocenters. The summed E-state index contributed by atoms with van der Waals surface area (Å²) in [6.07, 6.45) is 0. The number of thiophene rings is 2. The molecule has 2 rings (SSSR count). The summed E-state index contributed by atoms with van der Waals surface area (Å²) in [6, 6.07) is 10.4. The molecule has 0 aliphatic rings. The van der Waals surface area contributed by atoms with Crippen LogP contribution in [0.3, 0.4) is 0 Å². The minimum Gasteiger partial charge on any atom is -0.311 e. The van der Waals surface area contributed by atoms with Gasteiger partial charge in [-0.25, -0.2) is 0 Å². The van der Waals surface area contributed by atoms with E-state index in [0.29, 0.717) is 0 Å². The molecular formula is C14H16N2S2. The Morgan fingerprint density at radius 2 is 2.17 bits per heavy atom. The van der Waals surface area contributed by atoms with E-state index in [1.165, 1.54) is 9.75 Å². The van der Waals surface area contributed by atoms with Crippen LogP contribution < -0.4 is 5.32 Å². The van der Waals surface area contributed by atoms with Crippen LogP contribution in [0.25, 0.3) is 0 Å². The Hall–Kier alpha value is -1.15. The van der Waals surface area contributed by atoms with Gasteiger partial charge in [-0.05, 0) is 23.6 Å². The molecule has 2 nitrogen and oxygen atoms in total. The molecule has 0 aliphatic heterocycles. The van der Waals surface area contributed by atoms with Gasteiger partial charge < -0.3 is 5.32 Å². The van der Waals surface area contributed by atoms with Crippen LogP contribution in [0.2, 0.25) is 0 Å². The first-order chi connectivity index (χ1) is 8.62. The Morgan fingerprint density at radius 3 is 2.78 bits per heavy atom. The molecule has 2 aromatic heterocycles. The number of nitriles is 1. The lowest BCUT2D eigenvalue weighted by atomic mass is 9.91. The van der Waals surface area contributed by atoms with Crippen molar-refractivity contribution in [2.45, 2.75) is 25.8 Å². The maximum absolute atomic E-state index is 8.77. The largest absolute Gasteiger partial charge is 0.311 e. The molecule has 4 heteroatoms. The van der Waals surface area contributed by atoms with E-state index in [1.807, 2.05) is 12.1 Å². The first kappa shape index (κ1) is 13.3. The third-order valence-electron chi connectivity index (χ3n) is 2.83. The lowest BCUT2D eigenvalue weighted by molar-refractivity contribution is 0.478. The first-order valence-corrected chi connectivity index (χ1v) is 7.55.